The van der Waals surface area contributed by atoms with E-state index >= 15 is 0 Å². The average Bonchev–Trinajstić information content (AvgIpc) is 2.20. The highest BCUT2D eigenvalue weighted by molar-refractivity contribution is 5.72. The molecular weight excluding hydrogens is 211 g/mol. The third kappa shape index (κ3) is 2.68. The summed E-state index contributed by atoms with van der Waals surface area (Å²) >= 11 is 0. The highest BCUT2D eigenvalue weighted by Gasteiger charge is 2.19. The molecule has 0 fully saturated rings. The third-order valence-electron chi connectivity index (χ3n) is 1.82. The summed E-state index contributed by atoms with van der Waals surface area (Å²) in [6.07, 6.45) is -1.77. The number of carbonyl (C=O) groups excluding carboxylic acids is 1. The minimum Gasteiger partial charge on any atom is -0.469 e. The lowest BCUT2D eigenvalue weighted by molar-refractivity contribution is -0.139. The van der Waals surface area contributed by atoms with Gasteiger partial charge in [-0.25, -0.2) is 13.2 Å². The number of carbonyl (C=O) groups is 1. The van der Waals surface area contributed by atoms with E-state index in [4.69, 9.17) is 0 Å². The van der Waals surface area contributed by atoms with Crippen molar-refractivity contribution >= 4 is 5.97 Å². The van der Waals surface area contributed by atoms with Gasteiger partial charge in [-0.1, -0.05) is 0 Å². The van der Waals surface area contributed by atoms with Crippen molar-refractivity contribution in [2.45, 2.75) is 12.8 Å². The van der Waals surface area contributed by atoms with Gasteiger partial charge in [0.2, 0.25) is 0 Å². The second kappa shape index (κ2) is 4.77. The molecular formula is C9H8F3NO2. The number of nitrogens with zero attached hydrogens (tertiary/aromatic N) is 1. The number of ether oxygens (including phenoxy) is 1. The normalized spacial score (nSPS) is 10.5. The molecule has 0 unspecified atom stereocenters. The van der Waals surface area contributed by atoms with Crippen LogP contribution in [0.2, 0.25) is 0 Å². The average molecular weight is 219 g/mol. The van der Waals surface area contributed by atoms with Gasteiger partial charge in [0, 0.05) is 17.3 Å². The summed E-state index contributed by atoms with van der Waals surface area (Å²) in [5, 5.41) is 0. The maximum atomic E-state index is 13.1. The first-order valence-corrected chi connectivity index (χ1v) is 4.03. The van der Waals surface area contributed by atoms with Crippen molar-refractivity contribution in [1.82, 2.24) is 4.98 Å². The molecule has 82 valence electrons. The molecule has 0 saturated carbocycles. The largest absolute Gasteiger partial charge is 0.469 e. The number of aromatic nitrogens is 1. The smallest absolute Gasteiger partial charge is 0.310 e. The number of methoxy groups -OCH3 is 1. The van der Waals surface area contributed by atoms with Crippen LogP contribution >= 0.6 is 0 Å². The van der Waals surface area contributed by atoms with Gasteiger partial charge in [0.05, 0.1) is 19.7 Å². The summed E-state index contributed by atoms with van der Waals surface area (Å²) < 4.78 is 42.2. The summed E-state index contributed by atoms with van der Waals surface area (Å²) in [7, 11) is 1.10. The summed E-state index contributed by atoms with van der Waals surface area (Å²) in [6, 6.07) is 0. The summed E-state index contributed by atoms with van der Waals surface area (Å²) in [5.74, 6) is -1.71. The molecule has 0 aliphatic rings. The molecule has 1 aromatic rings. The van der Waals surface area contributed by atoms with Gasteiger partial charge in [-0.15, -0.1) is 0 Å². The van der Waals surface area contributed by atoms with Crippen LogP contribution in [0.3, 0.4) is 0 Å². The molecule has 0 radical (unpaired) electrons. The lowest BCUT2D eigenvalue weighted by Gasteiger charge is -2.07. The Hall–Kier alpha value is -1.59. The van der Waals surface area contributed by atoms with Crippen LogP contribution in [0.1, 0.15) is 17.6 Å². The number of esters is 1. The Labute approximate surface area is 83.9 Å². The number of alkyl halides is 2. The van der Waals surface area contributed by atoms with Crippen LogP contribution in [-0.4, -0.2) is 18.1 Å². The molecule has 0 saturated heterocycles. The van der Waals surface area contributed by atoms with E-state index in [2.05, 4.69) is 9.72 Å². The summed E-state index contributed by atoms with van der Waals surface area (Å²) in [6.45, 7) is 0. The molecule has 3 nitrogen and oxygen atoms in total. The molecule has 0 aliphatic carbocycles. The van der Waals surface area contributed by atoms with E-state index in [1.165, 1.54) is 0 Å². The lowest BCUT2D eigenvalue weighted by Crippen LogP contribution is -2.09. The van der Waals surface area contributed by atoms with Crippen LogP contribution in [0.15, 0.2) is 12.4 Å². The molecule has 0 bridgehead atoms. The molecule has 0 aliphatic heterocycles. The molecule has 6 heteroatoms. The second-order valence-corrected chi connectivity index (χ2v) is 2.74. The van der Waals surface area contributed by atoms with Crippen molar-refractivity contribution in [2.24, 2.45) is 0 Å². The van der Waals surface area contributed by atoms with Crippen molar-refractivity contribution in [3.63, 3.8) is 0 Å². The zero-order valence-electron chi connectivity index (χ0n) is 7.84. The van der Waals surface area contributed by atoms with Crippen LogP contribution in [0.4, 0.5) is 13.2 Å². The van der Waals surface area contributed by atoms with Crippen LogP contribution < -0.4 is 0 Å². The predicted molar refractivity (Wildman–Crippen MR) is 44.9 cm³/mol. The molecule has 1 heterocycles. The molecule has 15 heavy (non-hydrogen) atoms. The first-order valence-electron chi connectivity index (χ1n) is 4.03. The molecule has 1 rings (SSSR count). The highest BCUT2D eigenvalue weighted by atomic mass is 19.3. The molecule has 0 amide bonds. The summed E-state index contributed by atoms with van der Waals surface area (Å²) in [4.78, 5) is 14.1. The number of hydrogen-bond donors (Lipinski definition) is 0. The van der Waals surface area contributed by atoms with E-state index in [9.17, 15) is 18.0 Å². The van der Waals surface area contributed by atoms with Gasteiger partial charge < -0.3 is 4.74 Å². The van der Waals surface area contributed by atoms with Gasteiger partial charge in [-0.05, 0) is 0 Å². The Morgan fingerprint density at radius 1 is 1.53 bits per heavy atom. The van der Waals surface area contributed by atoms with Crippen LogP contribution in [0.25, 0.3) is 0 Å². The Bertz CT molecular complexity index is 368. The molecule has 0 atom stereocenters. The Morgan fingerprint density at radius 3 is 2.73 bits per heavy atom. The maximum Gasteiger partial charge on any atom is 0.310 e. The highest BCUT2D eigenvalue weighted by Crippen LogP contribution is 2.24. The number of rotatable bonds is 3. The standard InChI is InChI=1S/C9H8F3NO2/c1-15-8(14)2-5-6(9(11)12)3-13-4-7(5)10/h3-4,9H,2H2,1H3. The van der Waals surface area contributed by atoms with Gasteiger partial charge >= 0.3 is 5.97 Å². The zero-order chi connectivity index (χ0) is 11.4. The van der Waals surface area contributed by atoms with E-state index in [1.54, 1.807) is 0 Å². The van der Waals surface area contributed by atoms with Crippen molar-refractivity contribution < 1.29 is 22.7 Å². The van der Waals surface area contributed by atoms with Gasteiger partial charge in [0.15, 0.2) is 0 Å². The van der Waals surface area contributed by atoms with E-state index in [0.717, 1.165) is 19.5 Å². The van der Waals surface area contributed by atoms with Crippen LogP contribution in [0.5, 0.6) is 0 Å². The van der Waals surface area contributed by atoms with E-state index in [1.807, 2.05) is 0 Å². The van der Waals surface area contributed by atoms with Crippen LogP contribution in [-0.2, 0) is 16.0 Å². The zero-order valence-corrected chi connectivity index (χ0v) is 7.84. The first-order chi connectivity index (χ1) is 7.06. The van der Waals surface area contributed by atoms with Crippen molar-refractivity contribution in [2.75, 3.05) is 7.11 Å². The molecule has 0 spiro atoms. The second-order valence-electron chi connectivity index (χ2n) is 2.74. The fraction of sp³-hybridized carbons (Fsp3) is 0.333. The number of pyridine rings is 1. The van der Waals surface area contributed by atoms with Gasteiger partial charge in [0.25, 0.3) is 6.43 Å². The lowest BCUT2D eigenvalue weighted by atomic mass is 10.1. The topological polar surface area (TPSA) is 39.2 Å². The fourth-order valence-corrected chi connectivity index (χ4v) is 1.07. The van der Waals surface area contributed by atoms with Crippen LogP contribution in [0, 0.1) is 5.82 Å². The van der Waals surface area contributed by atoms with E-state index in [0.29, 0.717) is 0 Å². The predicted octanol–water partition coefficient (Wildman–Crippen LogP) is 1.87. The SMILES string of the molecule is COC(=O)Cc1c(F)cncc1C(F)F. The fourth-order valence-electron chi connectivity index (χ4n) is 1.07. The number of hydrogen-bond acceptors (Lipinski definition) is 3. The van der Waals surface area contributed by atoms with Gasteiger partial charge in [-0.3, -0.25) is 9.78 Å². The van der Waals surface area contributed by atoms with E-state index in [-0.39, 0.29) is 5.56 Å². The first kappa shape index (κ1) is 11.5. The van der Waals surface area contributed by atoms with E-state index < -0.39 is 30.2 Å². The Kier molecular flexibility index (Phi) is 3.65. The van der Waals surface area contributed by atoms with Gasteiger partial charge in [0.1, 0.15) is 5.82 Å². The quantitative estimate of drug-likeness (QED) is 0.728. The molecule has 1 aromatic heterocycles. The minimum absolute atomic E-state index is 0.369. The Balaban J connectivity index is 3.07. The number of halogens is 3. The van der Waals surface area contributed by atoms with Crippen molar-refractivity contribution in [3.8, 4) is 0 Å². The monoisotopic (exact) mass is 219 g/mol. The molecule has 0 aromatic carbocycles. The van der Waals surface area contributed by atoms with Crippen molar-refractivity contribution in [1.29, 1.82) is 0 Å². The van der Waals surface area contributed by atoms with Gasteiger partial charge in [-0.2, -0.15) is 0 Å². The van der Waals surface area contributed by atoms with Crippen molar-refractivity contribution in [3.05, 3.63) is 29.3 Å². The third-order valence-corrected chi connectivity index (χ3v) is 1.82. The maximum absolute atomic E-state index is 13.1. The molecule has 0 N–H and O–H groups in total. The Morgan fingerprint density at radius 2 is 2.20 bits per heavy atom. The minimum atomic E-state index is -2.87. The summed E-state index contributed by atoms with van der Waals surface area (Å²) in [5.41, 5.74) is -0.952.